The SMILES string of the molecule is Cc1ccc(NC(=O)c2ccccc2N2C(=O)c3c(Cl)c(Cl)c(Cl)c(Cl)c3C2=O)cc1C. The second-order valence-electron chi connectivity index (χ2n) is 7.22. The molecule has 0 unspecified atom stereocenters. The van der Waals surface area contributed by atoms with Crippen LogP contribution in [0.3, 0.4) is 0 Å². The minimum Gasteiger partial charge on any atom is -0.322 e. The first-order chi connectivity index (χ1) is 15.1. The third-order valence-electron chi connectivity index (χ3n) is 5.26. The van der Waals surface area contributed by atoms with Crippen molar-refractivity contribution in [1.29, 1.82) is 0 Å². The van der Waals surface area contributed by atoms with Crippen LogP contribution in [0.4, 0.5) is 11.4 Å². The van der Waals surface area contributed by atoms with E-state index in [4.69, 9.17) is 46.4 Å². The number of carbonyl (C=O) groups is 3. The molecule has 1 aliphatic rings. The van der Waals surface area contributed by atoms with Gasteiger partial charge in [-0.15, -0.1) is 0 Å². The lowest BCUT2D eigenvalue weighted by Gasteiger charge is -2.18. The van der Waals surface area contributed by atoms with E-state index < -0.39 is 17.7 Å². The fourth-order valence-electron chi connectivity index (χ4n) is 3.45. The number of aryl methyl sites for hydroxylation is 2. The van der Waals surface area contributed by atoms with E-state index in [0.29, 0.717) is 5.69 Å². The van der Waals surface area contributed by atoms with E-state index in [2.05, 4.69) is 5.32 Å². The van der Waals surface area contributed by atoms with Crippen LogP contribution in [-0.4, -0.2) is 17.7 Å². The van der Waals surface area contributed by atoms with Crippen LogP contribution >= 0.6 is 46.4 Å². The molecule has 3 aromatic carbocycles. The molecule has 1 N–H and O–H groups in total. The molecule has 0 saturated carbocycles. The monoisotopic (exact) mass is 506 g/mol. The Labute approximate surface area is 203 Å². The fraction of sp³-hybridized carbons (Fsp3) is 0.0870. The second-order valence-corrected chi connectivity index (χ2v) is 8.73. The van der Waals surface area contributed by atoms with Gasteiger partial charge in [-0.2, -0.15) is 0 Å². The summed E-state index contributed by atoms with van der Waals surface area (Å²) in [5, 5.41) is 2.21. The Morgan fingerprint density at radius 2 is 1.34 bits per heavy atom. The number of carbonyl (C=O) groups excluding carboxylic acids is 3. The van der Waals surface area contributed by atoms with E-state index in [1.807, 2.05) is 26.0 Å². The maximum atomic E-state index is 13.2. The number of amides is 3. The van der Waals surface area contributed by atoms with Crippen LogP contribution in [0, 0.1) is 13.8 Å². The number of hydrogen-bond acceptors (Lipinski definition) is 3. The summed E-state index contributed by atoms with van der Waals surface area (Å²) in [6.45, 7) is 3.90. The maximum absolute atomic E-state index is 13.2. The predicted octanol–water partition coefficient (Wildman–Crippen LogP) is 6.97. The molecule has 0 fully saturated rings. The molecule has 0 spiro atoms. The second kappa shape index (κ2) is 8.41. The van der Waals surface area contributed by atoms with Gasteiger partial charge in [-0.25, -0.2) is 4.90 Å². The molecule has 0 aromatic heterocycles. The average Bonchev–Trinajstić information content (AvgIpc) is 3.03. The van der Waals surface area contributed by atoms with E-state index in [-0.39, 0.29) is 42.5 Å². The summed E-state index contributed by atoms with van der Waals surface area (Å²) in [5.74, 6) is -1.99. The van der Waals surface area contributed by atoms with Gasteiger partial charge >= 0.3 is 0 Å². The van der Waals surface area contributed by atoms with Gasteiger partial charge < -0.3 is 5.32 Å². The minimum absolute atomic E-state index is 0.0828. The number of fused-ring (bicyclic) bond motifs is 1. The molecule has 0 aliphatic carbocycles. The number of rotatable bonds is 3. The molecular weight excluding hydrogens is 494 g/mol. The average molecular weight is 508 g/mol. The van der Waals surface area contributed by atoms with Crippen LogP contribution in [-0.2, 0) is 0 Å². The Hall–Kier alpha value is -2.57. The number of halogens is 4. The van der Waals surface area contributed by atoms with Crippen LogP contribution < -0.4 is 10.2 Å². The highest BCUT2D eigenvalue weighted by atomic mass is 35.5. The normalized spacial score (nSPS) is 12.9. The Bertz CT molecular complexity index is 1290. The fourth-order valence-corrected chi connectivity index (χ4v) is 4.46. The van der Waals surface area contributed by atoms with E-state index in [1.165, 1.54) is 12.1 Å². The molecule has 0 atom stereocenters. The first kappa shape index (κ1) is 22.6. The summed E-state index contributed by atoms with van der Waals surface area (Å²) >= 11 is 24.6. The Morgan fingerprint density at radius 1 is 0.781 bits per heavy atom. The van der Waals surface area contributed by atoms with Gasteiger partial charge in [-0.3, -0.25) is 14.4 Å². The number of imide groups is 1. The van der Waals surface area contributed by atoms with Gasteiger partial charge in [0.25, 0.3) is 17.7 Å². The molecule has 1 aliphatic heterocycles. The number of hydrogen-bond donors (Lipinski definition) is 1. The van der Waals surface area contributed by atoms with Gasteiger partial charge in [0.15, 0.2) is 0 Å². The third-order valence-corrected chi connectivity index (χ3v) is 7.06. The topological polar surface area (TPSA) is 66.5 Å². The number of nitrogens with zero attached hydrogens (tertiary/aromatic N) is 1. The van der Waals surface area contributed by atoms with E-state index in [0.717, 1.165) is 16.0 Å². The van der Waals surface area contributed by atoms with E-state index in [1.54, 1.807) is 18.2 Å². The van der Waals surface area contributed by atoms with Crippen molar-refractivity contribution in [3.05, 3.63) is 90.4 Å². The lowest BCUT2D eigenvalue weighted by atomic mass is 10.1. The van der Waals surface area contributed by atoms with E-state index >= 15 is 0 Å². The number of anilines is 2. The number of para-hydroxylation sites is 1. The standard InChI is InChI=1S/C23H14Cl4N2O3/c1-10-7-8-12(9-11(10)2)28-21(30)13-5-3-4-6-14(13)29-22(31)15-16(23(29)32)18(25)20(27)19(26)17(15)24/h3-9H,1-2H3,(H,28,30). The van der Waals surface area contributed by atoms with Gasteiger partial charge in [0.05, 0.1) is 42.5 Å². The van der Waals surface area contributed by atoms with Gasteiger partial charge in [0, 0.05) is 5.69 Å². The van der Waals surface area contributed by atoms with E-state index in [9.17, 15) is 14.4 Å². The Balaban J connectivity index is 1.77. The molecule has 9 heteroatoms. The predicted molar refractivity (Wildman–Crippen MR) is 128 cm³/mol. The zero-order valence-corrected chi connectivity index (χ0v) is 19.7. The first-order valence-corrected chi connectivity index (χ1v) is 10.9. The molecule has 0 radical (unpaired) electrons. The van der Waals surface area contributed by atoms with Crippen molar-refractivity contribution in [2.75, 3.05) is 10.2 Å². The zero-order chi connectivity index (χ0) is 23.3. The van der Waals surface area contributed by atoms with Gasteiger partial charge in [-0.05, 0) is 49.2 Å². The van der Waals surface area contributed by atoms with Crippen LogP contribution in [0.2, 0.25) is 20.1 Å². The quantitative estimate of drug-likeness (QED) is 0.236. The van der Waals surface area contributed by atoms with Crippen molar-refractivity contribution >= 4 is 75.5 Å². The highest BCUT2D eigenvalue weighted by molar-refractivity contribution is 6.56. The third kappa shape index (κ3) is 3.55. The van der Waals surface area contributed by atoms with Crippen LogP contribution in [0.15, 0.2) is 42.5 Å². The lowest BCUT2D eigenvalue weighted by Crippen LogP contribution is -2.31. The van der Waals surface area contributed by atoms with Crippen molar-refractivity contribution in [2.24, 2.45) is 0 Å². The van der Waals surface area contributed by atoms with Crippen LogP contribution in [0.25, 0.3) is 0 Å². The maximum Gasteiger partial charge on any atom is 0.267 e. The summed E-state index contributed by atoms with van der Waals surface area (Å²) in [7, 11) is 0. The lowest BCUT2D eigenvalue weighted by molar-refractivity contribution is 0.0926. The molecular formula is C23H14Cl4N2O3. The van der Waals surface area contributed by atoms with Crippen molar-refractivity contribution in [3.8, 4) is 0 Å². The Kier molecular flexibility index (Phi) is 5.94. The smallest absolute Gasteiger partial charge is 0.267 e. The van der Waals surface area contributed by atoms with Crippen LogP contribution in [0.1, 0.15) is 42.2 Å². The molecule has 0 saturated heterocycles. The summed E-state index contributed by atoms with van der Waals surface area (Å²) < 4.78 is 0. The summed E-state index contributed by atoms with van der Waals surface area (Å²) in [5.41, 5.74) is 2.57. The van der Waals surface area contributed by atoms with Gasteiger partial charge in [0.1, 0.15) is 0 Å². The van der Waals surface area contributed by atoms with Gasteiger partial charge in [0.2, 0.25) is 0 Å². The molecule has 3 aromatic rings. The largest absolute Gasteiger partial charge is 0.322 e. The molecule has 3 amide bonds. The highest BCUT2D eigenvalue weighted by Gasteiger charge is 2.43. The molecule has 1 heterocycles. The zero-order valence-electron chi connectivity index (χ0n) is 16.7. The summed E-state index contributed by atoms with van der Waals surface area (Å²) in [6, 6.07) is 11.7. The molecule has 4 rings (SSSR count). The van der Waals surface area contributed by atoms with Crippen molar-refractivity contribution in [1.82, 2.24) is 0 Å². The van der Waals surface area contributed by atoms with Crippen molar-refractivity contribution < 1.29 is 14.4 Å². The van der Waals surface area contributed by atoms with Crippen LogP contribution in [0.5, 0.6) is 0 Å². The first-order valence-electron chi connectivity index (χ1n) is 9.35. The van der Waals surface area contributed by atoms with Gasteiger partial charge in [-0.1, -0.05) is 64.6 Å². The molecule has 32 heavy (non-hydrogen) atoms. The summed E-state index contributed by atoms with van der Waals surface area (Å²) in [6.07, 6.45) is 0. The molecule has 162 valence electrons. The van der Waals surface area contributed by atoms with Crippen molar-refractivity contribution in [3.63, 3.8) is 0 Å². The molecule has 0 bridgehead atoms. The number of benzene rings is 3. The Morgan fingerprint density at radius 3 is 1.91 bits per heavy atom. The summed E-state index contributed by atoms with van der Waals surface area (Å²) in [4.78, 5) is 40.3. The molecule has 5 nitrogen and oxygen atoms in total. The van der Waals surface area contributed by atoms with Crippen molar-refractivity contribution in [2.45, 2.75) is 13.8 Å². The number of nitrogens with one attached hydrogen (secondary N) is 1. The highest BCUT2D eigenvalue weighted by Crippen LogP contribution is 2.46. The minimum atomic E-state index is -0.748.